The van der Waals surface area contributed by atoms with Crippen molar-refractivity contribution in [3.63, 3.8) is 0 Å². The molecule has 4 bridgehead atoms. The molecule has 7 aliphatic rings. The Balaban J connectivity index is 1.24. The molecule has 284 valence electrons. The fraction of sp³-hybridized carbons (Fsp3) is 0.425. The summed E-state index contributed by atoms with van der Waals surface area (Å²) in [5.41, 5.74) is 5.39. The molecule has 0 saturated carbocycles. The predicted octanol–water partition coefficient (Wildman–Crippen LogP) is 4.12. The zero-order chi connectivity index (χ0) is 38.1. The number of H-pyrrole nitrogens is 1. The maximum atomic E-state index is 14.8. The molecule has 4 aromatic rings. The number of aromatic amines is 1. The Hall–Kier alpha value is -5.14. The van der Waals surface area contributed by atoms with Gasteiger partial charge >= 0.3 is 11.9 Å². The van der Waals surface area contributed by atoms with Crippen molar-refractivity contribution >= 4 is 34.6 Å². The van der Waals surface area contributed by atoms with Gasteiger partial charge in [-0.1, -0.05) is 6.07 Å². The van der Waals surface area contributed by atoms with Crippen LogP contribution >= 0.6 is 11.8 Å². The monoisotopic (exact) mass is 765 g/mol. The molecule has 2 saturated heterocycles. The Kier molecular flexibility index (Phi) is 7.61. The first-order valence-electron chi connectivity index (χ1n) is 18.4. The molecule has 55 heavy (non-hydrogen) atoms. The van der Waals surface area contributed by atoms with Gasteiger partial charge < -0.3 is 44.2 Å². The second-order valence-corrected chi connectivity index (χ2v) is 16.3. The third-order valence-corrected chi connectivity index (χ3v) is 13.8. The topological polar surface area (TPSA) is 188 Å². The number of methoxy groups -OCH3 is 1. The number of aromatic nitrogens is 1. The van der Waals surface area contributed by atoms with Gasteiger partial charge in [-0.3, -0.25) is 15.0 Å². The summed E-state index contributed by atoms with van der Waals surface area (Å²) in [7, 11) is 1.53. The minimum Gasteiger partial charge on any atom is -0.508 e. The molecule has 5 N–H and O–H groups in total. The van der Waals surface area contributed by atoms with Crippen molar-refractivity contribution in [1.29, 1.82) is 5.26 Å². The normalized spacial score (nSPS) is 28.7. The standard InChI is InChI=1S/C40H39N5O9S/c1-16-9-19-10-24-25(12-41)45-26-13-51-39(49)40(38-21(7-8-42-40)22-11-20(47)5-6-23(22)44-38)14-55-37(31(45)30(43-24)27(19)32(48)33(16)50-4)29-28(26)36-35(52-15-53-36)17(2)34(29)54-18(3)46/h5-6,9,11,24-26,30-31,37,42-44,47-48H,7-8,10,13-15H2,1-4H3/t24?,25-,26-,30?,31+,37+,40+/m0/s1. The second kappa shape index (κ2) is 12.2. The van der Waals surface area contributed by atoms with Gasteiger partial charge in [0, 0.05) is 64.5 Å². The maximum Gasteiger partial charge on any atom is 0.333 e. The van der Waals surface area contributed by atoms with E-state index in [1.807, 2.05) is 19.9 Å². The highest BCUT2D eigenvalue weighted by Crippen LogP contribution is 2.63. The minimum absolute atomic E-state index is 0.0342. The molecule has 1 spiro atoms. The highest BCUT2D eigenvalue weighted by molar-refractivity contribution is 7.99. The lowest BCUT2D eigenvalue weighted by atomic mass is 9.72. The van der Waals surface area contributed by atoms with Crippen LogP contribution in [0.4, 0.5) is 0 Å². The van der Waals surface area contributed by atoms with Gasteiger partial charge in [0.05, 0.1) is 36.2 Å². The number of esters is 2. The van der Waals surface area contributed by atoms with Crippen LogP contribution in [0.5, 0.6) is 34.5 Å². The van der Waals surface area contributed by atoms with Gasteiger partial charge in [0.15, 0.2) is 28.5 Å². The summed E-state index contributed by atoms with van der Waals surface area (Å²) < 4.78 is 30.5. The fourth-order valence-electron chi connectivity index (χ4n) is 10.2. The number of phenols is 2. The second-order valence-electron chi connectivity index (χ2n) is 15.2. The van der Waals surface area contributed by atoms with Gasteiger partial charge in [-0.15, -0.1) is 11.8 Å². The van der Waals surface area contributed by atoms with E-state index in [0.29, 0.717) is 70.3 Å². The summed E-state index contributed by atoms with van der Waals surface area (Å²) in [6.45, 7) is 5.34. The number of nitrogens with zero attached hydrogens (tertiary/aromatic N) is 2. The van der Waals surface area contributed by atoms with E-state index in [1.165, 1.54) is 25.8 Å². The molecule has 3 aromatic carbocycles. The third kappa shape index (κ3) is 4.65. The average molecular weight is 766 g/mol. The summed E-state index contributed by atoms with van der Waals surface area (Å²) in [5, 5.41) is 41.0. The Morgan fingerprint density at radius 1 is 1.11 bits per heavy atom. The number of benzene rings is 3. The lowest BCUT2D eigenvalue weighted by molar-refractivity contribution is -0.155. The lowest BCUT2D eigenvalue weighted by Gasteiger charge is -2.59. The van der Waals surface area contributed by atoms with E-state index in [4.69, 9.17) is 23.7 Å². The number of phenolic OH excluding ortho intramolecular Hbond substituents is 2. The van der Waals surface area contributed by atoms with E-state index in [0.717, 1.165) is 27.6 Å². The molecule has 0 amide bonds. The first-order valence-corrected chi connectivity index (χ1v) is 19.5. The molecular formula is C40H39N5O9S. The molecule has 0 radical (unpaired) electrons. The number of aromatic hydroxyl groups is 2. The highest BCUT2D eigenvalue weighted by atomic mass is 32.2. The van der Waals surface area contributed by atoms with Crippen molar-refractivity contribution in [3.8, 4) is 40.6 Å². The molecule has 2 fully saturated rings. The smallest absolute Gasteiger partial charge is 0.333 e. The van der Waals surface area contributed by atoms with Gasteiger partial charge in [-0.2, -0.15) is 5.26 Å². The van der Waals surface area contributed by atoms with Crippen LogP contribution in [0.1, 0.15) is 68.9 Å². The number of hydrogen-bond donors (Lipinski definition) is 5. The molecule has 14 nitrogen and oxygen atoms in total. The summed E-state index contributed by atoms with van der Waals surface area (Å²) in [6, 6.07) is 6.94. The Morgan fingerprint density at radius 3 is 2.71 bits per heavy atom. The van der Waals surface area contributed by atoms with Crippen LogP contribution in [0, 0.1) is 25.2 Å². The number of fused-ring (bicyclic) bond motifs is 11. The van der Waals surface area contributed by atoms with Gasteiger partial charge in [0.1, 0.15) is 24.1 Å². The van der Waals surface area contributed by atoms with Crippen molar-refractivity contribution in [2.75, 3.05) is 32.8 Å². The molecular weight excluding hydrogens is 727 g/mol. The Labute approximate surface area is 320 Å². The molecule has 0 aliphatic carbocycles. The Morgan fingerprint density at radius 2 is 1.93 bits per heavy atom. The number of carbonyl (C=O) groups is 2. The summed E-state index contributed by atoms with van der Waals surface area (Å²) >= 11 is 1.49. The van der Waals surface area contributed by atoms with Crippen molar-refractivity contribution in [2.45, 2.75) is 74.6 Å². The van der Waals surface area contributed by atoms with E-state index in [9.17, 15) is 25.1 Å². The van der Waals surface area contributed by atoms with Gasteiger partial charge in [0.2, 0.25) is 6.79 Å². The van der Waals surface area contributed by atoms with E-state index in [2.05, 4.69) is 26.6 Å². The number of hydrogen-bond acceptors (Lipinski definition) is 14. The van der Waals surface area contributed by atoms with Crippen molar-refractivity contribution < 1.29 is 43.5 Å². The summed E-state index contributed by atoms with van der Waals surface area (Å²) in [6.07, 6.45) is 1.09. The van der Waals surface area contributed by atoms with Crippen molar-refractivity contribution in [3.05, 3.63) is 68.9 Å². The van der Waals surface area contributed by atoms with Crippen LogP contribution in [-0.4, -0.2) is 83.0 Å². The molecule has 2 unspecified atom stereocenters. The predicted molar refractivity (Wildman–Crippen MR) is 199 cm³/mol. The van der Waals surface area contributed by atoms with Crippen LogP contribution in [0.2, 0.25) is 0 Å². The highest BCUT2D eigenvalue weighted by Gasteiger charge is 2.60. The lowest BCUT2D eigenvalue weighted by Crippen LogP contribution is -2.69. The number of nitrogens with one attached hydrogen (secondary N) is 3. The third-order valence-electron chi connectivity index (χ3n) is 12.4. The molecule has 1 aromatic heterocycles. The van der Waals surface area contributed by atoms with E-state index in [-0.39, 0.29) is 36.7 Å². The van der Waals surface area contributed by atoms with Crippen LogP contribution < -0.4 is 29.6 Å². The Bertz CT molecular complexity index is 2410. The van der Waals surface area contributed by atoms with Gasteiger partial charge in [-0.05, 0) is 61.6 Å². The number of ether oxygens (including phenoxy) is 5. The SMILES string of the molecule is COc1c(C)cc2c(c1O)C1NC(C2)[C@H](C#N)N2[C@H]1[C@@H]1SC[C@]3(NCCc4c3[nH]c3ccc(O)cc43)C(=O)OC[C@H]2c2c3c(c(C)c(OC(C)=O)c21)OCO3. The largest absolute Gasteiger partial charge is 0.508 e. The number of carbonyl (C=O) groups excluding carboxylic acids is 2. The molecule has 7 atom stereocenters. The zero-order valence-electron chi connectivity index (χ0n) is 30.6. The van der Waals surface area contributed by atoms with E-state index < -0.39 is 46.9 Å². The zero-order valence-corrected chi connectivity index (χ0v) is 31.4. The maximum absolute atomic E-state index is 14.8. The molecule has 8 heterocycles. The fourth-order valence-corrected chi connectivity index (χ4v) is 11.9. The average Bonchev–Trinajstić information content (AvgIpc) is 3.80. The van der Waals surface area contributed by atoms with Crippen molar-refractivity contribution in [2.24, 2.45) is 0 Å². The minimum atomic E-state index is -1.32. The van der Waals surface area contributed by atoms with Crippen LogP contribution in [0.15, 0.2) is 24.3 Å². The quantitative estimate of drug-likeness (QED) is 0.145. The van der Waals surface area contributed by atoms with E-state index in [1.54, 1.807) is 18.2 Å². The van der Waals surface area contributed by atoms with Crippen LogP contribution in [-0.2, 0) is 32.7 Å². The number of thioether (sulfide) groups is 1. The molecule has 7 aliphatic heterocycles. The molecule has 11 rings (SSSR count). The van der Waals surface area contributed by atoms with E-state index >= 15 is 0 Å². The number of piperazine rings is 1. The first-order chi connectivity index (χ1) is 26.6. The number of rotatable bonds is 2. The van der Waals surface area contributed by atoms with Crippen LogP contribution in [0.25, 0.3) is 10.9 Å². The van der Waals surface area contributed by atoms with Gasteiger partial charge in [-0.25, -0.2) is 4.79 Å². The number of aryl methyl sites for hydroxylation is 1. The number of nitriles is 1. The van der Waals surface area contributed by atoms with Crippen LogP contribution in [0.3, 0.4) is 0 Å². The van der Waals surface area contributed by atoms with Crippen molar-refractivity contribution in [1.82, 2.24) is 20.5 Å². The summed E-state index contributed by atoms with van der Waals surface area (Å²) in [5.74, 6) is 0.971. The summed E-state index contributed by atoms with van der Waals surface area (Å²) in [4.78, 5) is 33.3. The molecule has 15 heteroatoms. The first kappa shape index (κ1) is 34.4. The van der Waals surface area contributed by atoms with Gasteiger partial charge in [0.25, 0.3) is 0 Å².